The van der Waals surface area contributed by atoms with Crippen LogP contribution in [-0.2, 0) is 4.74 Å². The zero-order chi connectivity index (χ0) is 9.15. The first-order chi connectivity index (χ1) is 6.29. The van der Waals surface area contributed by atoms with Crippen LogP contribution in [0.2, 0.25) is 0 Å². The standard InChI is InChI=1S/C12H22O/c1-12(9-5-2-6-10-12)13-11-7-3-4-8-11/h11H,2-10H2,1H3. The summed E-state index contributed by atoms with van der Waals surface area (Å²) >= 11 is 0. The lowest BCUT2D eigenvalue weighted by Crippen LogP contribution is -2.34. The fraction of sp³-hybridized carbons (Fsp3) is 1.00. The number of rotatable bonds is 2. The van der Waals surface area contributed by atoms with Gasteiger partial charge < -0.3 is 4.74 Å². The van der Waals surface area contributed by atoms with Crippen LogP contribution in [0.3, 0.4) is 0 Å². The Hall–Kier alpha value is -0.0400. The molecule has 13 heavy (non-hydrogen) atoms. The lowest BCUT2D eigenvalue weighted by atomic mass is 9.86. The van der Waals surface area contributed by atoms with Crippen LogP contribution in [0.4, 0.5) is 0 Å². The highest BCUT2D eigenvalue weighted by Crippen LogP contribution is 2.35. The van der Waals surface area contributed by atoms with E-state index in [-0.39, 0.29) is 5.60 Å². The molecule has 0 saturated heterocycles. The molecule has 0 heterocycles. The van der Waals surface area contributed by atoms with Crippen molar-refractivity contribution in [3.8, 4) is 0 Å². The summed E-state index contributed by atoms with van der Waals surface area (Å²) in [5, 5.41) is 0. The van der Waals surface area contributed by atoms with Gasteiger partial charge >= 0.3 is 0 Å². The second kappa shape index (κ2) is 4.00. The summed E-state index contributed by atoms with van der Waals surface area (Å²) in [6.45, 7) is 2.32. The van der Waals surface area contributed by atoms with Crippen molar-refractivity contribution in [2.24, 2.45) is 0 Å². The highest BCUT2D eigenvalue weighted by Gasteiger charge is 2.31. The Balaban J connectivity index is 1.83. The van der Waals surface area contributed by atoms with Gasteiger partial charge in [0, 0.05) is 0 Å². The molecule has 2 aliphatic carbocycles. The Kier molecular flexibility index (Phi) is 2.92. The topological polar surface area (TPSA) is 9.23 Å². The average Bonchev–Trinajstić information content (AvgIpc) is 2.57. The van der Waals surface area contributed by atoms with Crippen LogP contribution >= 0.6 is 0 Å². The second-order valence-electron chi connectivity index (χ2n) is 5.03. The maximum absolute atomic E-state index is 6.24. The van der Waals surface area contributed by atoms with Gasteiger partial charge in [0.15, 0.2) is 0 Å². The average molecular weight is 182 g/mol. The van der Waals surface area contributed by atoms with E-state index in [0.717, 1.165) is 0 Å². The van der Waals surface area contributed by atoms with Crippen molar-refractivity contribution >= 4 is 0 Å². The van der Waals surface area contributed by atoms with Crippen molar-refractivity contribution in [2.45, 2.75) is 76.4 Å². The van der Waals surface area contributed by atoms with Gasteiger partial charge in [0.05, 0.1) is 11.7 Å². The van der Waals surface area contributed by atoms with Crippen molar-refractivity contribution in [3.05, 3.63) is 0 Å². The minimum atomic E-state index is 0.243. The van der Waals surface area contributed by atoms with Crippen molar-refractivity contribution in [3.63, 3.8) is 0 Å². The van der Waals surface area contributed by atoms with E-state index in [1.165, 1.54) is 57.8 Å². The predicted octanol–water partition coefficient (Wildman–Crippen LogP) is 3.67. The molecule has 76 valence electrons. The van der Waals surface area contributed by atoms with Crippen LogP contribution in [-0.4, -0.2) is 11.7 Å². The molecule has 0 aromatic rings. The normalized spacial score (nSPS) is 29.3. The molecular weight excluding hydrogens is 160 g/mol. The maximum Gasteiger partial charge on any atom is 0.0658 e. The summed E-state index contributed by atoms with van der Waals surface area (Å²) in [5.41, 5.74) is 0.243. The van der Waals surface area contributed by atoms with Crippen LogP contribution in [0.5, 0.6) is 0 Å². The van der Waals surface area contributed by atoms with E-state index in [9.17, 15) is 0 Å². The van der Waals surface area contributed by atoms with Gasteiger partial charge in [0.2, 0.25) is 0 Å². The molecule has 0 N–H and O–H groups in total. The third-order valence-electron chi connectivity index (χ3n) is 3.66. The molecule has 0 aliphatic heterocycles. The van der Waals surface area contributed by atoms with E-state index in [0.29, 0.717) is 6.10 Å². The molecule has 0 unspecified atom stereocenters. The fourth-order valence-electron chi connectivity index (χ4n) is 2.83. The molecular formula is C12H22O. The van der Waals surface area contributed by atoms with E-state index >= 15 is 0 Å². The van der Waals surface area contributed by atoms with Crippen LogP contribution in [0, 0.1) is 0 Å². The van der Waals surface area contributed by atoms with E-state index in [1.807, 2.05) is 0 Å². The van der Waals surface area contributed by atoms with Gasteiger partial charge in [-0.05, 0) is 32.6 Å². The highest BCUT2D eigenvalue weighted by atomic mass is 16.5. The molecule has 0 spiro atoms. The van der Waals surface area contributed by atoms with Gasteiger partial charge in [-0.3, -0.25) is 0 Å². The minimum Gasteiger partial charge on any atom is -0.372 e. The third-order valence-corrected chi connectivity index (χ3v) is 3.66. The second-order valence-corrected chi connectivity index (χ2v) is 5.03. The molecule has 1 nitrogen and oxygen atoms in total. The first-order valence-corrected chi connectivity index (χ1v) is 5.96. The van der Waals surface area contributed by atoms with Gasteiger partial charge in [-0.1, -0.05) is 32.1 Å². The van der Waals surface area contributed by atoms with Crippen molar-refractivity contribution in [2.75, 3.05) is 0 Å². The zero-order valence-corrected chi connectivity index (χ0v) is 8.85. The minimum absolute atomic E-state index is 0.243. The first-order valence-electron chi connectivity index (χ1n) is 5.96. The summed E-state index contributed by atoms with van der Waals surface area (Å²) < 4.78 is 6.24. The van der Waals surface area contributed by atoms with E-state index in [1.54, 1.807) is 0 Å². The van der Waals surface area contributed by atoms with Gasteiger partial charge in [-0.15, -0.1) is 0 Å². The predicted molar refractivity (Wildman–Crippen MR) is 54.8 cm³/mol. The van der Waals surface area contributed by atoms with Gasteiger partial charge in [0.25, 0.3) is 0 Å². The SMILES string of the molecule is CC1(OC2CCCC2)CCCCC1. The highest BCUT2D eigenvalue weighted by molar-refractivity contribution is 4.82. The molecule has 0 aromatic carbocycles. The Morgan fingerprint density at radius 3 is 2.15 bits per heavy atom. The summed E-state index contributed by atoms with van der Waals surface area (Å²) in [7, 11) is 0. The Morgan fingerprint density at radius 1 is 0.923 bits per heavy atom. The lowest BCUT2D eigenvalue weighted by Gasteiger charge is -2.36. The summed E-state index contributed by atoms with van der Waals surface area (Å²) in [5.74, 6) is 0. The maximum atomic E-state index is 6.24. The number of ether oxygens (including phenoxy) is 1. The quantitative estimate of drug-likeness (QED) is 0.633. The number of hydrogen-bond acceptors (Lipinski definition) is 1. The van der Waals surface area contributed by atoms with Crippen molar-refractivity contribution in [1.29, 1.82) is 0 Å². The molecule has 2 aliphatic rings. The zero-order valence-electron chi connectivity index (χ0n) is 8.85. The van der Waals surface area contributed by atoms with E-state index in [4.69, 9.17) is 4.74 Å². The molecule has 2 saturated carbocycles. The smallest absolute Gasteiger partial charge is 0.0658 e. The molecule has 0 amide bonds. The largest absolute Gasteiger partial charge is 0.372 e. The Morgan fingerprint density at radius 2 is 1.54 bits per heavy atom. The molecule has 2 rings (SSSR count). The van der Waals surface area contributed by atoms with Gasteiger partial charge in [-0.2, -0.15) is 0 Å². The molecule has 0 bridgehead atoms. The monoisotopic (exact) mass is 182 g/mol. The van der Waals surface area contributed by atoms with Gasteiger partial charge in [0.1, 0.15) is 0 Å². The summed E-state index contributed by atoms with van der Waals surface area (Å²) in [6, 6.07) is 0. The van der Waals surface area contributed by atoms with Crippen molar-refractivity contribution in [1.82, 2.24) is 0 Å². The molecule has 0 aromatic heterocycles. The van der Waals surface area contributed by atoms with E-state index in [2.05, 4.69) is 6.92 Å². The van der Waals surface area contributed by atoms with Crippen LogP contribution in [0.1, 0.15) is 64.7 Å². The van der Waals surface area contributed by atoms with Crippen LogP contribution in [0.25, 0.3) is 0 Å². The Bertz CT molecular complexity index is 153. The number of hydrogen-bond donors (Lipinski definition) is 0. The molecule has 0 atom stereocenters. The Labute approximate surface area is 81.9 Å². The van der Waals surface area contributed by atoms with Crippen LogP contribution in [0.15, 0.2) is 0 Å². The van der Waals surface area contributed by atoms with Crippen LogP contribution < -0.4 is 0 Å². The molecule has 2 fully saturated rings. The first kappa shape index (κ1) is 9.51. The van der Waals surface area contributed by atoms with Crippen molar-refractivity contribution < 1.29 is 4.74 Å². The summed E-state index contributed by atoms with van der Waals surface area (Å²) in [4.78, 5) is 0. The fourth-order valence-corrected chi connectivity index (χ4v) is 2.83. The third kappa shape index (κ3) is 2.46. The van der Waals surface area contributed by atoms with E-state index < -0.39 is 0 Å². The summed E-state index contributed by atoms with van der Waals surface area (Å²) in [6.07, 6.45) is 12.8. The molecule has 0 radical (unpaired) electrons. The lowest BCUT2D eigenvalue weighted by molar-refractivity contribution is -0.0988. The molecule has 1 heteroatoms. The van der Waals surface area contributed by atoms with Gasteiger partial charge in [-0.25, -0.2) is 0 Å².